The zero-order chi connectivity index (χ0) is 20.4. The molecule has 0 fully saturated rings. The van der Waals surface area contributed by atoms with Crippen molar-refractivity contribution in [3.63, 3.8) is 0 Å². The number of hydrogen-bond donors (Lipinski definition) is 3. The summed E-state index contributed by atoms with van der Waals surface area (Å²) in [6.07, 6.45) is 0.927. The Labute approximate surface area is 168 Å². The number of aliphatic imine (C=N–C) groups is 1. The van der Waals surface area contributed by atoms with E-state index in [2.05, 4.69) is 59.1 Å². The van der Waals surface area contributed by atoms with Crippen molar-refractivity contribution in [1.82, 2.24) is 16.0 Å². The molecule has 3 N–H and O–H groups in total. The first-order valence-corrected chi connectivity index (χ1v) is 9.91. The monoisotopic (exact) mass is 380 g/mol. The molecular weight excluding hydrogens is 348 g/mol. The van der Waals surface area contributed by atoms with Gasteiger partial charge in [0.2, 0.25) is 0 Å². The highest BCUT2D eigenvalue weighted by Gasteiger charge is 2.08. The van der Waals surface area contributed by atoms with Crippen molar-refractivity contribution in [2.75, 3.05) is 20.1 Å². The van der Waals surface area contributed by atoms with Gasteiger partial charge in [0, 0.05) is 32.2 Å². The summed E-state index contributed by atoms with van der Waals surface area (Å²) in [6, 6.07) is 16.3. The SMILES string of the molecule is CCCNC(=O)c1cccc(CNC(=NC)NCC(C)c2cccc(C)c2)c1. The van der Waals surface area contributed by atoms with E-state index < -0.39 is 0 Å². The Morgan fingerprint density at radius 2 is 1.86 bits per heavy atom. The van der Waals surface area contributed by atoms with Crippen LogP contribution in [-0.2, 0) is 6.54 Å². The summed E-state index contributed by atoms with van der Waals surface area (Å²) in [5.74, 6) is 1.10. The fourth-order valence-electron chi connectivity index (χ4n) is 2.91. The minimum Gasteiger partial charge on any atom is -0.356 e. The maximum absolute atomic E-state index is 12.1. The molecule has 0 heterocycles. The number of benzene rings is 2. The summed E-state index contributed by atoms with van der Waals surface area (Å²) >= 11 is 0. The Bertz CT molecular complexity index is 801. The molecule has 5 heteroatoms. The Morgan fingerprint density at radius 1 is 1.07 bits per heavy atom. The van der Waals surface area contributed by atoms with Gasteiger partial charge in [-0.05, 0) is 42.5 Å². The van der Waals surface area contributed by atoms with E-state index >= 15 is 0 Å². The third kappa shape index (κ3) is 6.72. The Morgan fingerprint density at radius 3 is 2.57 bits per heavy atom. The predicted octanol–water partition coefficient (Wildman–Crippen LogP) is 3.60. The van der Waals surface area contributed by atoms with Crippen molar-refractivity contribution in [2.45, 2.75) is 39.7 Å². The van der Waals surface area contributed by atoms with Gasteiger partial charge in [-0.2, -0.15) is 0 Å². The number of guanidine groups is 1. The molecule has 0 spiro atoms. The van der Waals surface area contributed by atoms with Crippen molar-refractivity contribution < 1.29 is 4.79 Å². The van der Waals surface area contributed by atoms with E-state index in [1.165, 1.54) is 11.1 Å². The van der Waals surface area contributed by atoms with E-state index in [0.717, 1.165) is 24.5 Å². The average molecular weight is 381 g/mol. The zero-order valence-electron chi connectivity index (χ0n) is 17.4. The summed E-state index contributed by atoms with van der Waals surface area (Å²) < 4.78 is 0. The van der Waals surface area contributed by atoms with Crippen LogP contribution in [0.5, 0.6) is 0 Å². The number of amides is 1. The summed E-state index contributed by atoms with van der Waals surface area (Å²) in [5.41, 5.74) is 4.31. The minimum absolute atomic E-state index is 0.0295. The van der Waals surface area contributed by atoms with Crippen LogP contribution in [0.1, 0.15) is 53.2 Å². The molecule has 5 nitrogen and oxygen atoms in total. The molecule has 0 radical (unpaired) electrons. The average Bonchev–Trinajstić information content (AvgIpc) is 2.72. The summed E-state index contributed by atoms with van der Waals surface area (Å²) in [6.45, 7) is 8.44. The molecule has 2 aromatic rings. The molecule has 150 valence electrons. The molecule has 0 aliphatic heterocycles. The lowest BCUT2D eigenvalue weighted by Crippen LogP contribution is -2.38. The number of nitrogens with zero attached hydrogens (tertiary/aromatic N) is 1. The topological polar surface area (TPSA) is 65.5 Å². The number of hydrogen-bond acceptors (Lipinski definition) is 2. The maximum atomic E-state index is 12.1. The van der Waals surface area contributed by atoms with Crippen LogP contribution in [0, 0.1) is 6.92 Å². The van der Waals surface area contributed by atoms with Crippen LogP contribution in [-0.4, -0.2) is 32.0 Å². The van der Waals surface area contributed by atoms with Crippen LogP contribution in [0.25, 0.3) is 0 Å². The van der Waals surface area contributed by atoms with Crippen LogP contribution < -0.4 is 16.0 Å². The number of carbonyl (C=O) groups is 1. The fourth-order valence-corrected chi connectivity index (χ4v) is 2.91. The number of carbonyl (C=O) groups excluding carboxylic acids is 1. The molecular formula is C23H32N4O. The lowest BCUT2D eigenvalue weighted by molar-refractivity contribution is 0.0953. The first kappa shape index (κ1) is 21.5. The van der Waals surface area contributed by atoms with Gasteiger partial charge in [0.25, 0.3) is 5.91 Å². The molecule has 28 heavy (non-hydrogen) atoms. The van der Waals surface area contributed by atoms with Crippen LogP contribution in [0.2, 0.25) is 0 Å². The molecule has 2 aromatic carbocycles. The summed E-state index contributed by atoms with van der Waals surface area (Å²) in [5, 5.41) is 9.61. The highest BCUT2D eigenvalue weighted by molar-refractivity contribution is 5.94. The van der Waals surface area contributed by atoms with Gasteiger partial charge >= 0.3 is 0 Å². The van der Waals surface area contributed by atoms with Gasteiger partial charge in [0.1, 0.15) is 0 Å². The molecule has 2 rings (SSSR count). The van der Waals surface area contributed by atoms with Crippen LogP contribution in [0.15, 0.2) is 53.5 Å². The van der Waals surface area contributed by atoms with E-state index in [1.54, 1.807) is 7.05 Å². The Kier molecular flexibility index (Phi) is 8.53. The van der Waals surface area contributed by atoms with Crippen molar-refractivity contribution >= 4 is 11.9 Å². The summed E-state index contributed by atoms with van der Waals surface area (Å²) in [4.78, 5) is 16.4. The second-order valence-corrected chi connectivity index (χ2v) is 7.08. The molecule has 0 saturated heterocycles. The second-order valence-electron chi connectivity index (χ2n) is 7.08. The third-order valence-corrected chi connectivity index (χ3v) is 4.60. The second kappa shape index (κ2) is 11.1. The fraction of sp³-hybridized carbons (Fsp3) is 0.391. The number of nitrogens with one attached hydrogen (secondary N) is 3. The lowest BCUT2D eigenvalue weighted by Gasteiger charge is -2.17. The van der Waals surface area contributed by atoms with Gasteiger partial charge in [-0.3, -0.25) is 9.79 Å². The van der Waals surface area contributed by atoms with E-state index in [0.29, 0.717) is 24.6 Å². The molecule has 0 bridgehead atoms. The van der Waals surface area contributed by atoms with E-state index in [-0.39, 0.29) is 5.91 Å². The van der Waals surface area contributed by atoms with Gasteiger partial charge in [-0.15, -0.1) is 0 Å². The minimum atomic E-state index is -0.0295. The number of aryl methyl sites for hydroxylation is 1. The van der Waals surface area contributed by atoms with Crippen molar-refractivity contribution in [1.29, 1.82) is 0 Å². The van der Waals surface area contributed by atoms with Crippen LogP contribution in [0.3, 0.4) is 0 Å². The van der Waals surface area contributed by atoms with Crippen LogP contribution in [0.4, 0.5) is 0 Å². The molecule has 0 aromatic heterocycles. The smallest absolute Gasteiger partial charge is 0.251 e. The summed E-state index contributed by atoms with van der Waals surface area (Å²) in [7, 11) is 1.77. The van der Waals surface area contributed by atoms with Crippen LogP contribution >= 0.6 is 0 Å². The number of rotatable bonds is 8. The Balaban J connectivity index is 1.87. The van der Waals surface area contributed by atoms with Crippen molar-refractivity contribution in [2.24, 2.45) is 4.99 Å². The van der Waals surface area contributed by atoms with E-state index in [1.807, 2.05) is 31.2 Å². The highest BCUT2D eigenvalue weighted by Crippen LogP contribution is 2.15. The van der Waals surface area contributed by atoms with Crippen molar-refractivity contribution in [3.8, 4) is 0 Å². The highest BCUT2D eigenvalue weighted by atomic mass is 16.1. The molecule has 0 aliphatic rings. The third-order valence-electron chi connectivity index (χ3n) is 4.60. The normalized spacial score (nSPS) is 12.4. The predicted molar refractivity (Wildman–Crippen MR) is 117 cm³/mol. The molecule has 0 aliphatic carbocycles. The first-order chi connectivity index (χ1) is 13.5. The van der Waals surface area contributed by atoms with E-state index in [4.69, 9.17) is 0 Å². The van der Waals surface area contributed by atoms with Gasteiger partial charge in [-0.25, -0.2) is 0 Å². The van der Waals surface area contributed by atoms with Gasteiger partial charge in [-0.1, -0.05) is 55.8 Å². The quantitative estimate of drug-likeness (QED) is 0.484. The largest absolute Gasteiger partial charge is 0.356 e. The van der Waals surface area contributed by atoms with Gasteiger partial charge < -0.3 is 16.0 Å². The van der Waals surface area contributed by atoms with Crippen molar-refractivity contribution in [3.05, 3.63) is 70.8 Å². The lowest BCUT2D eigenvalue weighted by atomic mass is 9.99. The molecule has 0 saturated carbocycles. The first-order valence-electron chi connectivity index (χ1n) is 9.91. The Hall–Kier alpha value is -2.82. The van der Waals surface area contributed by atoms with Gasteiger partial charge in [0.05, 0.1) is 0 Å². The standard InChI is InChI=1S/C23H32N4O/c1-5-12-25-22(28)21-11-7-9-19(14-21)16-27-23(24-4)26-15-18(3)20-10-6-8-17(2)13-20/h6-11,13-14,18H,5,12,15-16H2,1-4H3,(H,25,28)(H2,24,26,27). The van der Waals surface area contributed by atoms with E-state index in [9.17, 15) is 4.79 Å². The zero-order valence-corrected chi connectivity index (χ0v) is 17.4. The maximum Gasteiger partial charge on any atom is 0.251 e. The molecule has 1 amide bonds. The molecule has 1 unspecified atom stereocenters. The van der Waals surface area contributed by atoms with Gasteiger partial charge in [0.15, 0.2) is 5.96 Å². The molecule has 1 atom stereocenters.